The SMILES string of the molecule is c1ccc2c(c1)C[I-]C(n1c3ccc(-c4nc5ccccc5o4)cc3c3cc(-c4nc5ccc(-c6cc7ccccc7c7ccccc67)cc5o4)ccc31)=N2. The molecule has 0 unspecified atom stereocenters. The van der Waals surface area contributed by atoms with Crippen LogP contribution in [-0.2, 0) is 4.43 Å². The minimum absolute atomic E-state index is 0.369. The third kappa shape index (κ3) is 4.89. The Morgan fingerprint density at radius 2 is 1.13 bits per heavy atom. The van der Waals surface area contributed by atoms with E-state index in [1.54, 1.807) is 0 Å². The number of nitrogens with zero attached hydrogens (tertiary/aromatic N) is 4. The van der Waals surface area contributed by atoms with Gasteiger partial charge in [-0.1, -0.05) is 48.5 Å². The first-order valence-electron chi connectivity index (χ1n) is 18.2. The second-order valence-electron chi connectivity index (χ2n) is 14.0. The number of benzene rings is 8. The Morgan fingerprint density at radius 3 is 1.93 bits per heavy atom. The summed E-state index contributed by atoms with van der Waals surface area (Å²) in [7, 11) is 0. The monoisotopic (exact) mass is 819 g/mol. The van der Waals surface area contributed by atoms with Crippen LogP contribution in [0.15, 0.2) is 172 Å². The zero-order valence-corrected chi connectivity index (χ0v) is 31.4. The van der Waals surface area contributed by atoms with E-state index in [-0.39, 0.29) is 21.2 Å². The van der Waals surface area contributed by atoms with Crippen molar-refractivity contribution in [2.75, 3.05) is 0 Å². The van der Waals surface area contributed by atoms with E-state index < -0.39 is 0 Å². The molecule has 3 aromatic heterocycles. The number of alkyl halides is 1. The van der Waals surface area contributed by atoms with E-state index in [0.29, 0.717) is 11.8 Å². The predicted octanol–water partition coefficient (Wildman–Crippen LogP) is 9.52. The molecule has 8 aromatic carbocycles. The first-order chi connectivity index (χ1) is 27.2. The summed E-state index contributed by atoms with van der Waals surface area (Å²) in [5, 5.41) is 7.13. The number of para-hydroxylation sites is 3. The summed E-state index contributed by atoms with van der Waals surface area (Å²) in [5.74, 6) is 1.19. The van der Waals surface area contributed by atoms with Crippen LogP contribution in [0.2, 0.25) is 0 Å². The van der Waals surface area contributed by atoms with Gasteiger partial charge in [-0.3, -0.25) is 0 Å². The number of aliphatic imine (C=N–C) groups is 1. The molecule has 0 fully saturated rings. The number of rotatable bonds is 3. The van der Waals surface area contributed by atoms with Gasteiger partial charge < -0.3 is 0 Å². The Labute approximate surface area is 324 Å². The van der Waals surface area contributed by atoms with Crippen molar-refractivity contribution in [1.29, 1.82) is 0 Å². The van der Waals surface area contributed by atoms with Crippen molar-refractivity contribution in [3.8, 4) is 34.0 Å². The van der Waals surface area contributed by atoms with Crippen LogP contribution in [0, 0.1) is 0 Å². The van der Waals surface area contributed by atoms with Crippen LogP contribution >= 0.6 is 0 Å². The van der Waals surface area contributed by atoms with Gasteiger partial charge in [-0.05, 0) is 27.6 Å². The topological polar surface area (TPSA) is 69.3 Å². The molecule has 1 aliphatic heterocycles. The average molecular weight is 820 g/mol. The van der Waals surface area contributed by atoms with Crippen molar-refractivity contribution in [2.24, 2.45) is 4.99 Å². The molecule has 0 atom stereocenters. The molecule has 0 amide bonds. The van der Waals surface area contributed by atoms with Crippen LogP contribution in [0.25, 0.3) is 99.6 Å². The van der Waals surface area contributed by atoms with Gasteiger partial charge in [0.15, 0.2) is 0 Å². The van der Waals surface area contributed by atoms with Gasteiger partial charge in [-0.15, -0.1) is 0 Å². The molecule has 0 radical (unpaired) electrons. The molecule has 55 heavy (non-hydrogen) atoms. The van der Waals surface area contributed by atoms with Gasteiger partial charge in [0, 0.05) is 0 Å². The van der Waals surface area contributed by atoms with E-state index in [9.17, 15) is 0 Å². The Morgan fingerprint density at radius 1 is 0.491 bits per heavy atom. The van der Waals surface area contributed by atoms with Crippen molar-refractivity contribution in [3.63, 3.8) is 0 Å². The second kappa shape index (κ2) is 12.0. The van der Waals surface area contributed by atoms with Gasteiger partial charge in [-0.2, -0.15) is 0 Å². The summed E-state index contributed by atoms with van der Waals surface area (Å²) < 4.78 is 17.4. The standard InChI is InChI=1S/C48H28IN4O2/c1-3-11-33-28(9-1)23-36(35-13-5-4-12-34(33)35)29-17-20-41-45(26-29)55-47(51-41)31-19-22-43-38(25-31)37-24-30(46-50-40-15-7-8-16-44(40)54-46)18-21-42(37)53(43)48-49-27-32-10-2-6-14-39(32)52-48/h1-26H,27H2/q-1. The number of halogens is 1. The average Bonchev–Trinajstić information content (AvgIpc) is 3.96. The van der Waals surface area contributed by atoms with Gasteiger partial charge in [0.2, 0.25) is 0 Å². The van der Waals surface area contributed by atoms with E-state index in [1.807, 2.05) is 24.3 Å². The van der Waals surface area contributed by atoms with Crippen LogP contribution in [0.3, 0.4) is 0 Å². The van der Waals surface area contributed by atoms with Crippen LogP contribution in [0.1, 0.15) is 5.56 Å². The third-order valence-electron chi connectivity index (χ3n) is 10.7. The maximum absolute atomic E-state index is 6.60. The number of hydrogen-bond donors (Lipinski definition) is 0. The summed E-state index contributed by atoms with van der Waals surface area (Å²) in [4.78, 5) is 15.1. The fraction of sp³-hybridized carbons (Fsp3) is 0.0208. The summed E-state index contributed by atoms with van der Waals surface area (Å²) >= 11 is -0.369. The molecule has 0 N–H and O–H groups in total. The maximum atomic E-state index is 6.60. The van der Waals surface area contributed by atoms with Crippen LogP contribution in [0.4, 0.5) is 5.69 Å². The quantitative estimate of drug-likeness (QED) is 0.101. The predicted molar refractivity (Wildman–Crippen MR) is 219 cm³/mol. The van der Waals surface area contributed by atoms with E-state index in [4.69, 9.17) is 23.8 Å². The molecular weight excluding hydrogens is 791 g/mol. The Balaban J connectivity index is 1.02. The molecule has 7 heteroatoms. The molecule has 4 heterocycles. The van der Waals surface area contributed by atoms with Crippen molar-refractivity contribution in [1.82, 2.24) is 14.5 Å². The summed E-state index contributed by atoms with van der Waals surface area (Å²) in [6.45, 7) is 0. The number of hydrogen-bond acceptors (Lipinski definition) is 5. The molecule has 1 aliphatic rings. The molecule has 0 bridgehead atoms. The summed E-state index contributed by atoms with van der Waals surface area (Å²) in [6, 6.07) is 55.3. The van der Waals surface area contributed by atoms with Gasteiger partial charge >= 0.3 is 250 Å². The van der Waals surface area contributed by atoms with Crippen molar-refractivity contribution in [3.05, 3.63) is 163 Å². The number of aromatic nitrogens is 3. The molecule has 6 nitrogen and oxygen atoms in total. The first kappa shape index (κ1) is 30.8. The fourth-order valence-corrected chi connectivity index (χ4v) is 10.8. The van der Waals surface area contributed by atoms with Gasteiger partial charge in [0.25, 0.3) is 0 Å². The fourth-order valence-electron chi connectivity index (χ4n) is 8.10. The molecule has 0 spiro atoms. The zero-order chi connectivity index (χ0) is 36.0. The minimum atomic E-state index is -0.369. The zero-order valence-electron chi connectivity index (χ0n) is 29.2. The van der Waals surface area contributed by atoms with Gasteiger partial charge in [0.1, 0.15) is 0 Å². The van der Waals surface area contributed by atoms with Crippen LogP contribution < -0.4 is 21.2 Å². The van der Waals surface area contributed by atoms with E-state index >= 15 is 0 Å². The van der Waals surface area contributed by atoms with E-state index in [1.165, 1.54) is 32.7 Å². The van der Waals surface area contributed by atoms with E-state index in [2.05, 4.69) is 138 Å². The Bertz CT molecular complexity index is 3370. The van der Waals surface area contributed by atoms with Crippen LogP contribution in [-0.4, -0.2) is 18.4 Å². The van der Waals surface area contributed by atoms with Gasteiger partial charge in [0.05, 0.1) is 0 Å². The van der Waals surface area contributed by atoms with Crippen molar-refractivity contribution >= 4 is 75.1 Å². The Hall–Kier alpha value is -6.58. The third-order valence-corrected chi connectivity index (χ3v) is 13.3. The molecular formula is C48H28IN4O2-. The van der Waals surface area contributed by atoms with Crippen molar-refractivity contribution < 1.29 is 30.0 Å². The Kier molecular flexibility index (Phi) is 6.71. The normalized spacial score (nSPS) is 13.2. The van der Waals surface area contributed by atoms with Crippen LogP contribution in [0.5, 0.6) is 0 Å². The summed E-state index contributed by atoms with van der Waals surface area (Å²) in [5.41, 5.74) is 11.9. The van der Waals surface area contributed by atoms with Crippen molar-refractivity contribution in [2.45, 2.75) is 4.43 Å². The first-order valence-corrected chi connectivity index (χ1v) is 20.8. The second-order valence-corrected chi connectivity index (χ2v) is 16.4. The van der Waals surface area contributed by atoms with E-state index in [0.717, 1.165) is 74.7 Å². The molecule has 0 saturated heterocycles. The number of oxazole rings is 2. The molecule has 11 aromatic rings. The molecule has 260 valence electrons. The molecule has 0 aliphatic carbocycles. The summed E-state index contributed by atoms with van der Waals surface area (Å²) in [6.07, 6.45) is 0. The van der Waals surface area contributed by atoms with Gasteiger partial charge in [-0.25, -0.2) is 0 Å². The number of fused-ring (bicyclic) bond motifs is 9. The molecule has 0 saturated carbocycles. The molecule has 12 rings (SSSR count).